The molecule has 186 valence electrons. The number of urea groups is 1. The van der Waals surface area contributed by atoms with Gasteiger partial charge in [0.15, 0.2) is 0 Å². The van der Waals surface area contributed by atoms with Crippen molar-refractivity contribution in [3.63, 3.8) is 0 Å². The average molecular weight is 475 g/mol. The summed E-state index contributed by atoms with van der Waals surface area (Å²) in [6.45, 7) is 2.00. The van der Waals surface area contributed by atoms with E-state index in [1.807, 2.05) is 23.1 Å². The highest BCUT2D eigenvalue weighted by atomic mass is 16.2. The van der Waals surface area contributed by atoms with Crippen LogP contribution in [0.4, 0.5) is 4.79 Å². The van der Waals surface area contributed by atoms with Crippen LogP contribution < -0.4 is 5.73 Å². The number of benzene rings is 2. The lowest BCUT2D eigenvalue weighted by Crippen LogP contribution is -2.56. The van der Waals surface area contributed by atoms with Gasteiger partial charge in [-0.3, -0.25) is 9.69 Å². The van der Waals surface area contributed by atoms with Crippen LogP contribution in [-0.4, -0.2) is 59.4 Å². The Labute approximate surface area is 209 Å². The highest BCUT2D eigenvalue weighted by Gasteiger charge is 2.54. The molecule has 3 fully saturated rings. The summed E-state index contributed by atoms with van der Waals surface area (Å²) in [5.41, 5.74) is 8.17. The Bertz CT molecular complexity index is 1070. The standard InChI is InChI=1S/C29H38N4O2/c1-31(2)29(24-12-4-3-5-13-24)17-15-28(16-18-29)21-32(27(35)33(28)19-22-9-8-10-22)20-23-11-6-7-14-25(23)26(30)34/h3-7,11-14,22H,8-10,15-21H2,1-2H3,(H2,30,34)/t28-,29-. The predicted octanol–water partition coefficient (Wildman–Crippen LogP) is 4.59. The second-order valence-corrected chi connectivity index (χ2v) is 11.1. The highest BCUT2D eigenvalue weighted by Crippen LogP contribution is 2.49. The quantitative estimate of drug-likeness (QED) is 0.638. The van der Waals surface area contributed by atoms with E-state index in [0.717, 1.165) is 37.8 Å². The Kier molecular flexibility index (Phi) is 6.34. The minimum absolute atomic E-state index is 0.0102. The lowest BCUT2D eigenvalue weighted by atomic mass is 9.68. The van der Waals surface area contributed by atoms with Gasteiger partial charge in [-0.25, -0.2) is 4.79 Å². The van der Waals surface area contributed by atoms with Gasteiger partial charge in [0.2, 0.25) is 5.91 Å². The summed E-state index contributed by atoms with van der Waals surface area (Å²) in [7, 11) is 4.37. The number of nitrogens with zero attached hydrogens (tertiary/aromatic N) is 3. The Hall–Kier alpha value is -2.86. The van der Waals surface area contributed by atoms with Crippen LogP contribution in [0.15, 0.2) is 54.6 Å². The first-order chi connectivity index (χ1) is 16.8. The number of carbonyl (C=O) groups excluding carboxylic acids is 2. The zero-order valence-electron chi connectivity index (χ0n) is 21.1. The summed E-state index contributed by atoms with van der Waals surface area (Å²) in [4.78, 5) is 32.4. The molecular formula is C29H38N4O2. The Morgan fingerprint density at radius 3 is 2.26 bits per heavy atom. The molecule has 0 radical (unpaired) electrons. The van der Waals surface area contributed by atoms with Gasteiger partial charge in [0.25, 0.3) is 0 Å². The fourth-order valence-electron chi connectivity index (χ4n) is 6.61. The molecule has 0 bridgehead atoms. The van der Waals surface area contributed by atoms with Gasteiger partial charge < -0.3 is 15.5 Å². The fourth-order valence-corrected chi connectivity index (χ4v) is 6.61. The topological polar surface area (TPSA) is 69.9 Å². The number of amides is 3. The molecule has 0 aromatic heterocycles. The number of rotatable bonds is 7. The van der Waals surface area contributed by atoms with E-state index >= 15 is 0 Å². The van der Waals surface area contributed by atoms with Crippen LogP contribution in [0.25, 0.3) is 0 Å². The molecule has 2 aromatic carbocycles. The molecule has 1 heterocycles. The lowest BCUT2D eigenvalue weighted by molar-refractivity contribution is 0.0159. The van der Waals surface area contributed by atoms with Crippen molar-refractivity contribution in [2.75, 3.05) is 27.2 Å². The van der Waals surface area contributed by atoms with Gasteiger partial charge >= 0.3 is 6.03 Å². The van der Waals surface area contributed by atoms with Crippen molar-refractivity contribution in [1.82, 2.24) is 14.7 Å². The maximum Gasteiger partial charge on any atom is 0.320 e. The van der Waals surface area contributed by atoms with Crippen molar-refractivity contribution in [2.24, 2.45) is 11.7 Å². The van der Waals surface area contributed by atoms with Crippen molar-refractivity contribution < 1.29 is 9.59 Å². The molecule has 6 nitrogen and oxygen atoms in total. The highest BCUT2D eigenvalue weighted by molar-refractivity contribution is 5.94. The Morgan fingerprint density at radius 2 is 1.66 bits per heavy atom. The largest absolute Gasteiger partial charge is 0.366 e. The summed E-state index contributed by atoms with van der Waals surface area (Å²) in [6, 6.07) is 18.4. The van der Waals surface area contributed by atoms with Gasteiger partial charge in [-0.05, 0) is 75.7 Å². The minimum atomic E-state index is -0.440. The average Bonchev–Trinajstić information content (AvgIpc) is 3.07. The van der Waals surface area contributed by atoms with E-state index in [1.54, 1.807) is 6.07 Å². The summed E-state index contributed by atoms with van der Waals surface area (Å²) in [6.07, 6.45) is 7.70. The third-order valence-corrected chi connectivity index (χ3v) is 9.04. The van der Waals surface area contributed by atoms with Gasteiger partial charge in [0, 0.05) is 30.7 Å². The molecule has 1 aliphatic heterocycles. The molecule has 3 aliphatic rings. The van der Waals surface area contributed by atoms with E-state index in [9.17, 15) is 9.59 Å². The molecule has 5 rings (SSSR count). The first kappa shape index (κ1) is 23.9. The van der Waals surface area contributed by atoms with Crippen LogP contribution in [0.1, 0.15) is 66.4 Å². The van der Waals surface area contributed by atoms with Crippen LogP contribution in [-0.2, 0) is 12.1 Å². The number of carbonyl (C=O) groups is 2. The second kappa shape index (κ2) is 9.30. The summed E-state index contributed by atoms with van der Waals surface area (Å²) in [5.74, 6) is 0.174. The smallest absolute Gasteiger partial charge is 0.320 e. The van der Waals surface area contributed by atoms with Crippen LogP contribution in [0.5, 0.6) is 0 Å². The van der Waals surface area contributed by atoms with Crippen molar-refractivity contribution >= 4 is 11.9 Å². The van der Waals surface area contributed by atoms with Crippen molar-refractivity contribution in [1.29, 1.82) is 0 Å². The van der Waals surface area contributed by atoms with Gasteiger partial charge in [-0.15, -0.1) is 0 Å². The number of hydrogen-bond donors (Lipinski definition) is 1. The van der Waals surface area contributed by atoms with Gasteiger partial charge in [0.05, 0.1) is 5.54 Å². The van der Waals surface area contributed by atoms with E-state index < -0.39 is 5.91 Å². The zero-order valence-corrected chi connectivity index (χ0v) is 21.1. The molecule has 35 heavy (non-hydrogen) atoms. The van der Waals surface area contributed by atoms with E-state index in [0.29, 0.717) is 24.6 Å². The maximum atomic E-state index is 13.8. The van der Waals surface area contributed by atoms with Gasteiger partial charge in [-0.1, -0.05) is 55.0 Å². The monoisotopic (exact) mass is 474 g/mol. The molecule has 2 saturated carbocycles. The summed E-state index contributed by atoms with van der Waals surface area (Å²) >= 11 is 0. The molecule has 2 aromatic rings. The molecule has 3 amide bonds. The van der Waals surface area contributed by atoms with E-state index in [1.165, 1.54) is 24.8 Å². The van der Waals surface area contributed by atoms with Crippen LogP contribution in [0.2, 0.25) is 0 Å². The first-order valence-electron chi connectivity index (χ1n) is 13.0. The molecular weight excluding hydrogens is 436 g/mol. The van der Waals surface area contributed by atoms with Crippen LogP contribution in [0.3, 0.4) is 0 Å². The molecule has 0 unspecified atom stereocenters. The number of hydrogen-bond acceptors (Lipinski definition) is 3. The number of nitrogens with two attached hydrogens (primary N) is 1. The van der Waals surface area contributed by atoms with Crippen molar-refractivity contribution in [2.45, 2.75) is 62.6 Å². The Morgan fingerprint density at radius 1 is 1.00 bits per heavy atom. The van der Waals surface area contributed by atoms with Gasteiger partial charge in [-0.2, -0.15) is 0 Å². The molecule has 1 saturated heterocycles. The third-order valence-electron chi connectivity index (χ3n) is 9.04. The summed E-state index contributed by atoms with van der Waals surface area (Å²) in [5, 5.41) is 0. The molecule has 6 heteroatoms. The van der Waals surface area contributed by atoms with E-state index in [-0.39, 0.29) is 17.1 Å². The third kappa shape index (κ3) is 4.22. The molecule has 1 spiro atoms. The fraction of sp³-hybridized carbons (Fsp3) is 0.517. The molecule has 0 atom stereocenters. The van der Waals surface area contributed by atoms with Gasteiger partial charge in [0.1, 0.15) is 0 Å². The second-order valence-electron chi connectivity index (χ2n) is 11.1. The minimum Gasteiger partial charge on any atom is -0.366 e. The first-order valence-corrected chi connectivity index (χ1v) is 13.0. The normalized spacial score (nSPS) is 27.0. The SMILES string of the molecule is CN(C)[C@]1(c2ccccc2)CC[C@@]2(CC1)CN(Cc1ccccc1C(N)=O)C(=O)N2CC1CCC1. The Balaban J connectivity index is 1.42. The van der Waals surface area contributed by atoms with Crippen LogP contribution >= 0.6 is 0 Å². The lowest BCUT2D eigenvalue weighted by Gasteiger charge is -2.51. The van der Waals surface area contributed by atoms with E-state index in [4.69, 9.17) is 5.73 Å². The van der Waals surface area contributed by atoms with Crippen LogP contribution in [0, 0.1) is 5.92 Å². The zero-order chi connectivity index (χ0) is 24.6. The van der Waals surface area contributed by atoms with E-state index in [2.05, 4.69) is 54.2 Å². The summed E-state index contributed by atoms with van der Waals surface area (Å²) < 4.78 is 0. The predicted molar refractivity (Wildman–Crippen MR) is 138 cm³/mol. The molecule has 2 N–H and O–H groups in total. The van der Waals surface area contributed by atoms with Crippen molar-refractivity contribution in [3.05, 3.63) is 71.3 Å². The van der Waals surface area contributed by atoms with Crippen molar-refractivity contribution in [3.8, 4) is 0 Å². The number of primary amides is 1. The maximum absolute atomic E-state index is 13.8. The molecule has 2 aliphatic carbocycles.